The second-order valence-electron chi connectivity index (χ2n) is 4.95. The zero-order chi connectivity index (χ0) is 16.4. The van der Waals surface area contributed by atoms with Crippen LogP contribution in [-0.4, -0.2) is 22.6 Å². The number of nitro groups is 1. The van der Waals surface area contributed by atoms with Crippen molar-refractivity contribution in [3.8, 4) is 11.5 Å². The van der Waals surface area contributed by atoms with Gasteiger partial charge in [0, 0.05) is 12.6 Å². The summed E-state index contributed by atoms with van der Waals surface area (Å²) in [7, 11) is 0. The molecule has 8 nitrogen and oxygen atoms in total. The van der Waals surface area contributed by atoms with Crippen LogP contribution in [0.25, 0.3) is 0 Å². The maximum absolute atomic E-state index is 12.2. The molecular weight excluding hydrogens is 302 g/mol. The molecule has 1 aromatic heterocycles. The topological polar surface area (TPSA) is 104 Å². The van der Waals surface area contributed by atoms with Crippen molar-refractivity contribution >= 4 is 11.6 Å². The van der Waals surface area contributed by atoms with Crippen LogP contribution in [0.15, 0.2) is 30.5 Å². The van der Waals surface area contributed by atoms with E-state index in [2.05, 4.69) is 10.3 Å². The van der Waals surface area contributed by atoms with Crippen LogP contribution in [0, 0.1) is 17.0 Å². The van der Waals surface area contributed by atoms with Crippen molar-refractivity contribution in [2.24, 2.45) is 0 Å². The van der Waals surface area contributed by atoms with E-state index in [0.717, 1.165) is 11.8 Å². The number of nitrogens with zero attached hydrogens (tertiary/aromatic N) is 2. The molecule has 0 saturated heterocycles. The Morgan fingerprint density at radius 2 is 2.13 bits per heavy atom. The maximum Gasteiger partial charge on any atom is 0.288 e. The first-order chi connectivity index (χ1) is 11.0. The van der Waals surface area contributed by atoms with Crippen LogP contribution >= 0.6 is 0 Å². The van der Waals surface area contributed by atoms with Gasteiger partial charge in [-0.2, -0.15) is 0 Å². The van der Waals surface area contributed by atoms with Crippen LogP contribution in [0.4, 0.5) is 5.69 Å². The number of carbonyl (C=O) groups is 1. The first kappa shape index (κ1) is 14.8. The van der Waals surface area contributed by atoms with Crippen molar-refractivity contribution in [3.63, 3.8) is 0 Å². The molecule has 0 atom stereocenters. The summed E-state index contributed by atoms with van der Waals surface area (Å²) in [5.74, 6) is 0.875. The summed E-state index contributed by atoms with van der Waals surface area (Å²) in [4.78, 5) is 26.3. The molecule has 0 saturated carbocycles. The minimum atomic E-state index is -0.582. The smallest absolute Gasteiger partial charge is 0.288 e. The highest BCUT2D eigenvalue weighted by Gasteiger charge is 2.17. The number of carbonyl (C=O) groups excluding carboxylic acids is 1. The Morgan fingerprint density at radius 1 is 1.35 bits per heavy atom. The lowest BCUT2D eigenvalue weighted by atomic mass is 10.1. The van der Waals surface area contributed by atoms with Gasteiger partial charge in [0.2, 0.25) is 6.79 Å². The molecule has 23 heavy (non-hydrogen) atoms. The average molecular weight is 315 g/mol. The van der Waals surface area contributed by atoms with Crippen molar-refractivity contribution in [1.82, 2.24) is 10.3 Å². The third-order valence-corrected chi connectivity index (χ3v) is 3.42. The van der Waals surface area contributed by atoms with Gasteiger partial charge in [-0.1, -0.05) is 6.07 Å². The second-order valence-corrected chi connectivity index (χ2v) is 4.95. The first-order valence-electron chi connectivity index (χ1n) is 6.82. The molecule has 0 radical (unpaired) electrons. The molecule has 0 spiro atoms. The number of benzene rings is 1. The van der Waals surface area contributed by atoms with Gasteiger partial charge in [0.1, 0.15) is 6.20 Å². The van der Waals surface area contributed by atoms with Gasteiger partial charge in [-0.25, -0.2) is 0 Å². The number of fused-ring (bicyclic) bond motifs is 1. The standard InChI is InChI=1S/C15H13N3O5/c1-9-12(5-11(7-16-9)18(20)21)15(19)17-6-10-2-3-13-14(4-10)23-8-22-13/h2-5,7H,6,8H2,1H3,(H,17,19). The lowest BCUT2D eigenvalue weighted by molar-refractivity contribution is -0.385. The quantitative estimate of drug-likeness (QED) is 0.683. The van der Waals surface area contributed by atoms with Gasteiger partial charge in [0.25, 0.3) is 11.6 Å². The summed E-state index contributed by atoms with van der Waals surface area (Å²) in [5, 5.41) is 13.5. The Hall–Kier alpha value is -3.16. The average Bonchev–Trinajstić information content (AvgIpc) is 3.00. The highest BCUT2D eigenvalue weighted by Crippen LogP contribution is 2.32. The molecule has 2 aromatic rings. The molecule has 1 aliphatic rings. The number of hydrogen-bond acceptors (Lipinski definition) is 6. The van der Waals surface area contributed by atoms with Crippen LogP contribution in [0.3, 0.4) is 0 Å². The summed E-state index contributed by atoms with van der Waals surface area (Å²) in [6, 6.07) is 6.58. The molecule has 8 heteroatoms. The fourth-order valence-electron chi connectivity index (χ4n) is 2.18. The minimum Gasteiger partial charge on any atom is -0.454 e. The summed E-state index contributed by atoms with van der Waals surface area (Å²) in [6.45, 7) is 2.07. The summed E-state index contributed by atoms with van der Waals surface area (Å²) >= 11 is 0. The molecule has 0 unspecified atom stereocenters. The molecule has 0 bridgehead atoms. The van der Waals surface area contributed by atoms with Crippen molar-refractivity contribution in [3.05, 3.63) is 57.4 Å². The lowest BCUT2D eigenvalue weighted by Crippen LogP contribution is -2.24. The molecule has 118 valence electrons. The fourth-order valence-corrected chi connectivity index (χ4v) is 2.18. The number of ether oxygens (including phenoxy) is 2. The molecule has 1 aliphatic heterocycles. The predicted molar refractivity (Wildman–Crippen MR) is 79.4 cm³/mol. The van der Waals surface area contributed by atoms with Gasteiger partial charge < -0.3 is 14.8 Å². The van der Waals surface area contributed by atoms with Crippen molar-refractivity contribution < 1.29 is 19.2 Å². The Morgan fingerprint density at radius 3 is 2.91 bits per heavy atom. The van der Waals surface area contributed by atoms with E-state index >= 15 is 0 Å². The summed E-state index contributed by atoms with van der Waals surface area (Å²) in [5.41, 5.74) is 1.22. The molecule has 2 heterocycles. The Bertz CT molecular complexity index is 791. The molecular formula is C15H13N3O5. The van der Waals surface area contributed by atoms with Gasteiger partial charge >= 0.3 is 0 Å². The minimum absolute atomic E-state index is 0.181. The van der Waals surface area contributed by atoms with E-state index in [-0.39, 0.29) is 24.6 Å². The molecule has 0 aliphatic carbocycles. The second kappa shape index (κ2) is 5.91. The number of rotatable bonds is 4. The highest BCUT2D eigenvalue weighted by atomic mass is 16.7. The number of aryl methyl sites for hydroxylation is 1. The van der Waals surface area contributed by atoms with Crippen molar-refractivity contribution in [1.29, 1.82) is 0 Å². The van der Waals surface area contributed by atoms with Crippen LogP contribution in [0.5, 0.6) is 11.5 Å². The van der Waals surface area contributed by atoms with E-state index < -0.39 is 10.8 Å². The van der Waals surface area contributed by atoms with Crippen molar-refractivity contribution in [2.75, 3.05) is 6.79 Å². The first-order valence-corrected chi connectivity index (χ1v) is 6.82. The number of nitrogens with one attached hydrogen (secondary N) is 1. The summed E-state index contributed by atoms with van der Waals surface area (Å²) in [6.07, 6.45) is 1.13. The van der Waals surface area contributed by atoms with Crippen LogP contribution in [-0.2, 0) is 6.54 Å². The number of amides is 1. The molecule has 0 fully saturated rings. The van der Waals surface area contributed by atoms with Crippen molar-refractivity contribution in [2.45, 2.75) is 13.5 Å². The Labute approximate surface area is 131 Å². The Balaban J connectivity index is 1.72. The fraction of sp³-hybridized carbons (Fsp3) is 0.200. The van der Waals surface area contributed by atoms with Gasteiger partial charge in [0.05, 0.1) is 16.2 Å². The number of aromatic nitrogens is 1. The normalized spacial score (nSPS) is 12.0. The van der Waals surface area contributed by atoms with E-state index in [1.54, 1.807) is 19.1 Å². The zero-order valence-electron chi connectivity index (χ0n) is 12.2. The van der Waals surface area contributed by atoms with Crippen LogP contribution < -0.4 is 14.8 Å². The summed E-state index contributed by atoms with van der Waals surface area (Å²) < 4.78 is 10.5. The van der Waals surface area contributed by atoms with E-state index in [0.29, 0.717) is 17.2 Å². The Kier molecular flexibility index (Phi) is 3.80. The van der Waals surface area contributed by atoms with E-state index in [1.165, 1.54) is 6.07 Å². The number of pyridine rings is 1. The third kappa shape index (κ3) is 3.05. The molecule has 1 N–H and O–H groups in total. The predicted octanol–water partition coefficient (Wildman–Crippen LogP) is 1.96. The molecule has 1 aromatic carbocycles. The third-order valence-electron chi connectivity index (χ3n) is 3.42. The largest absolute Gasteiger partial charge is 0.454 e. The lowest BCUT2D eigenvalue weighted by Gasteiger charge is -2.08. The highest BCUT2D eigenvalue weighted by molar-refractivity contribution is 5.95. The maximum atomic E-state index is 12.2. The van der Waals surface area contributed by atoms with E-state index in [4.69, 9.17) is 9.47 Å². The van der Waals surface area contributed by atoms with Gasteiger partial charge in [-0.3, -0.25) is 19.9 Å². The monoisotopic (exact) mass is 315 g/mol. The molecule has 3 rings (SSSR count). The van der Waals surface area contributed by atoms with Crippen LogP contribution in [0.2, 0.25) is 0 Å². The SMILES string of the molecule is Cc1ncc([N+](=O)[O-])cc1C(=O)NCc1ccc2c(c1)OCO2. The van der Waals surface area contributed by atoms with Gasteiger partial charge in [-0.15, -0.1) is 0 Å². The number of hydrogen-bond donors (Lipinski definition) is 1. The van der Waals surface area contributed by atoms with Gasteiger partial charge in [-0.05, 0) is 24.6 Å². The van der Waals surface area contributed by atoms with Crippen LogP contribution in [0.1, 0.15) is 21.6 Å². The molecule has 1 amide bonds. The van der Waals surface area contributed by atoms with E-state index in [9.17, 15) is 14.9 Å². The van der Waals surface area contributed by atoms with Gasteiger partial charge in [0.15, 0.2) is 11.5 Å². The van der Waals surface area contributed by atoms with E-state index in [1.807, 2.05) is 6.07 Å². The zero-order valence-corrected chi connectivity index (χ0v) is 12.2.